The van der Waals surface area contributed by atoms with Gasteiger partial charge in [-0.25, -0.2) is 9.59 Å². The number of nitrogens with one attached hydrogen (secondary N) is 2. The average Bonchev–Trinajstić information content (AvgIpc) is 2.16. The van der Waals surface area contributed by atoms with E-state index in [1.165, 1.54) is 0 Å². The summed E-state index contributed by atoms with van der Waals surface area (Å²) in [6, 6.07) is -0.107. The smallest absolute Gasteiger partial charge is 0.329 e. The Bertz CT molecular complexity index is 221. The molecule has 1 unspecified atom stereocenters. The zero-order valence-electron chi connectivity index (χ0n) is 9.78. The van der Waals surface area contributed by atoms with E-state index in [1.807, 2.05) is 6.92 Å². The fraction of sp³-hybridized carbons (Fsp3) is 0.800. The quantitative estimate of drug-likeness (QED) is 0.534. The highest BCUT2D eigenvalue weighted by Crippen LogP contribution is 1.93. The Labute approximate surface area is 95.4 Å². The summed E-state index contributed by atoms with van der Waals surface area (Å²) < 4.78 is 4.76. The molecule has 2 amide bonds. The predicted octanol–water partition coefficient (Wildman–Crippen LogP) is 0.575. The van der Waals surface area contributed by atoms with Gasteiger partial charge in [0.2, 0.25) is 0 Å². The monoisotopic (exact) mass is 232 g/mol. The Morgan fingerprint density at radius 3 is 2.69 bits per heavy atom. The summed E-state index contributed by atoms with van der Waals surface area (Å²) in [4.78, 5) is 21.3. The Balaban J connectivity index is 3.40. The maximum absolute atomic E-state index is 11.2. The molecule has 0 radical (unpaired) electrons. The fourth-order valence-electron chi connectivity index (χ4n) is 1.18. The molecule has 0 aromatic rings. The molecule has 0 saturated carbocycles. The first-order chi connectivity index (χ1) is 7.56. The second kappa shape index (κ2) is 8.96. The number of ether oxygens (including phenoxy) is 1. The van der Waals surface area contributed by atoms with Gasteiger partial charge in [-0.05, 0) is 13.3 Å². The molecule has 0 fully saturated rings. The van der Waals surface area contributed by atoms with Gasteiger partial charge in [0.05, 0.1) is 6.61 Å². The van der Waals surface area contributed by atoms with Crippen LogP contribution in [0.3, 0.4) is 0 Å². The molecule has 0 spiro atoms. The molecule has 94 valence electrons. The van der Waals surface area contributed by atoms with Crippen molar-refractivity contribution in [3.05, 3.63) is 0 Å². The molecule has 0 bridgehead atoms. The van der Waals surface area contributed by atoms with Gasteiger partial charge in [0, 0.05) is 12.6 Å². The Hall–Kier alpha value is -1.30. The number of rotatable bonds is 8. The SMILES string of the molecule is CCCC(C)NC(=O)NCCOCC(=O)O. The van der Waals surface area contributed by atoms with E-state index in [2.05, 4.69) is 17.6 Å². The highest BCUT2D eigenvalue weighted by molar-refractivity contribution is 5.74. The van der Waals surface area contributed by atoms with Crippen molar-refractivity contribution in [2.24, 2.45) is 0 Å². The molecule has 0 aliphatic carbocycles. The Kier molecular flexibility index (Phi) is 8.24. The lowest BCUT2D eigenvalue weighted by molar-refractivity contribution is -0.142. The van der Waals surface area contributed by atoms with Gasteiger partial charge in [0.1, 0.15) is 6.61 Å². The van der Waals surface area contributed by atoms with Crippen LogP contribution in [0.25, 0.3) is 0 Å². The molecular formula is C10H20N2O4. The van der Waals surface area contributed by atoms with Crippen LogP contribution in [0.1, 0.15) is 26.7 Å². The van der Waals surface area contributed by atoms with Gasteiger partial charge >= 0.3 is 12.0 Å². The van der Waals surface area contributed by atoms with Crippen molar-refractivity contribution in [3.8, 4) is 0 Å². The number of amides is 2. The van der Waals surface area contributed by atoms with Crippen molar-refractivity contribution >= 4 is 12.0 Å². The summed E-state index contributed by atoms with van der Waals surface area (Å²) in [5, 5.41) is 13.6. The molecular weight excluding hydrogens is 212 g/mol. The standard InChI is InChI=1S/C10H20N2O4/c1-3-4-8(2)12-10(15)11-5-6-16-7-9(13)14/h8H,3-7H2,1-2H3,(H,13,14)(H2,11,12,15). The minimum absolute atomic E-state index is 0.143. The van der Waals surface area contributed by atoms with E-state index in [0.29, 0.717) is 6.54 Å². The van der Waals surface area contributed by atoms with Crippen molar-refractivity contribution in [3.63, 3.8) is 0 Å². The minimum atomic E-state index is -1.01. The van der Waals surface area contributed by atoms with Crippen LogP contribution in [0, 0.1) is 0 Å². The van der Waals surface area contributed by atoms with Gasteiger partial charge < -0.3 is 20.5 Å². The molecule has 0 rings (SSSR count). The lowest BCUT2D eigenvalue weighted by Gasteiger charge is -2.13. The number of aliphatic carboxylic acids is 1. The topological polar surface area (TPSA) is 87.7 Å². The van der Waals surface area contributed by atoms with E-state index in [0.717, 1.165) is 12.8 Å². The second-order valence-electron chi connectivity index (χ2n) is 3.54. The van der Waals surface area contributed by atoms with Crippen molar-refractivity contribution in [2.45, 2.75) is 32.7 Å². The molecule has 0 saturated heterocycles. The number of carboxylic acids is 1. The van der Waals surface area contributed by atoms with Crippen molar-refractivity contribution in [1.82, 2.24) is 10.6 Å². The zero-order valence-corrected chi connectivity index (χ0v) is 9.78. The lowest BCUT2D eigenvalue weighted by atomic mass is 10.2. The van der Waals surface area contributed by atoms with Gasteiger partial charge in [-0.15, -0.1) is 0 Å². The first-order valence-electron chi connectivity index (χ1n) is 5.40. The summed E-state index contributed by atoms with van der Waals surface area (Å²) in [6.07, 6.45) is 1.95. The molecule has 0 heterocycles. The second-order valence-corrected chi connectivity index (χ2v) is 3.54. The summed E-state index contributed by atoms with van der Waals surface area (Å²) >= 11 is 0. The molecule has 0 aliphatic heterocycles. The van der Waals surface area contributed by atoms with Crippen molar-refractivity contribution in [2.75, 3.05) is 19.8 Å². The van der Waals surface area contributed by atoms with E-state index in [9.17, 15) is 9.59 Å². The largest absolute Gasteiger partial charge is 0.480 e. The maximum atomic E-state index is 11.2. The molecule has 16 heavy (non-hydrogen) atoms. The van der Waals surface area contributed by atoms with Crippen LogP contribution in [0.4, 0.5) is 4.79 Å². The maximum Gasteiger partial charge on any atom is 0.329 e. The predicted molar refractivity (Wildman–Crippen MR) is 59.4 cm³/mol. The molecule has 0 aromatic carbocycles. The third-order valence-corrected chi connectivity index (χ3v) is 1.86. The normalized spacial score (nSPS) is 11.9. The van der Waals surface area contributed by atoms with Gasteiger partial charge in [-0.3, -0.25) is 0 Å². The van der Waals surface area contributed by atoms with Gasteiger partial charge in [0.25, 0.3) is 0 Å². The fourth-order valence-corrected chi connectivity index (χ4v) is 1.18. The molecule has 0 aliphatic rings. The summed E-state index contributed by atoms with van der Waals surface area (Å²) in [7, 11) is 0. The van der Waals surface area contributed by atoms with Crippen molar-refractivity contribution < 1.29 is 19.4 Å². The Morgan fingerprint density at radius 1 is 1.44 bits per heavy atom. The van der Waals surface area contributed by atoms with Crippen LogP contribution in [0.5, 0.6) is 0 Å². The summed E-state index contributed by atoms with van der Waals surface area (Å²) in [6.45, 7) is 4.15. The number of urea groups is 1. The molecule has 6 heteroatoms. The number of carbonyl (C=O) groups excluding carboxylic acids is 1. The zero-order chi connectivity index (χ0) is 12.4. The van der Waals surface area contributed by atoms with Crippen LogP contribution in [0.15, 0.2) is 0 Å². The summed E-state index contributed by atoms with van der Waals surface area (Å²) in [5.74, 6) is -1.01. The van der Waals surface area contributed by atoms with Crippen LogP contribution in [0.2, 0.25) is 0 Å². The molecule has 3 N–H and O–H groups in total. The molecule has 0 aromatic heterocycles. The summed E-state index contributed by atoms with van der Waals surface area (Å²) in [5.41, 5.74) is 0. The van der Waals surface area contributed by atoms with Gasteiger partial charge in [0.15, 0.2) is 0 Å². The highest BCUT2D eigenvalue weighted by atomic mass is 16.5. The third-order valence-electron chi connectivity index (χ3n) is 1.86. The van der Waals surface area contributed by atoms with E-state index in [4.69, 9.17) is 9.84 Å². The number of carbonyl (C=O) groups is 2. The number of carboxylic acid groups (broad SMARTS) is 1. The van der Waals surface area contributed by atoms with E-state index >= 15 is 0 Å². The highest BCUT2D eigenvalue weighted by Gasteiger charge is 2.04. The molecule has 6 nitrogen and oxygen atoms in total. The third kappa shape index (κ3) is 9.26. The Morgan fingerprint density at radius 2 is 2.12 bits per heavy atom. The van der Waals surface area contributed by atoms with Gasteiger partial charge in [-0.2, -0.15) is 0 Å². The first-order valence-corrected chi connectivity index (χ1v) is 5.40. The number of hydrogen-bond donors (Lipinski definition) is 3. The average molecular weight is 232 g/mol. The lowest BCUT2D eigenvalue weighted by Crippen LogP contribution is -2.41. The van der Waals surface area contributed by atoms with E-state index in [1.54, 1.807) is 0 Å². The van der Waals surface area contributed by atoms with Crippen LogP contribution in [-0.4, -0.2) is 42.9 Å². The van der Waals surface area contributed by atoms with Crippen LogP contribution < -0.4 is 10.6 Å². The van der Waals surface area contributed by atoms with Gasteiger partial charge in [-0.1, -0.05) is 13.3 Å². The minimum Gasteiger partial charge on any atom is -0.480 e. The first kappa shape index (κ1) is 14.7. The van der Waals surface area contributed by atoms with E-state index < -0.39 is 5.97 Å². The van der Waals surface area contributed by atoms with Crippen molar-refractivity contribution in [1.29, 1.82) is 0 Å². The van der Waals surface area contributed by atoms with Crippen LogP contribution >= 0.6 is 0 Å². The number of hydrogen-bond acceptors (Lipinski definition) is 3. The molecule has 1 atom stereocenters. The van der Waals surface area contributed by atoms with E-state index in [-0.39, 0.29) is 25.3 Å². The van der Waals surface area contributed by atoms with Crippen LogP contribution in [-0.2, 0) is 9.53 Å².